The lowest BCUT2D eigenvalue weighted by molar-refractivity contribution is -0.122. The Morgan fingerprint density at radius 3 is 2.91 bits per heavy atom. The van der Waals surface area contributed by atoms with Gasteiger partial charge in [-0.2, -0.15) is 0 Å². The van der Waals surface area contributed by atoms with Crippen LogP contribution in [-0.2, 0) is 11.2 Å². The third-order valence-corrected chi connectivity index (χ3v) is 4.62. The van der Waals surface area contributed by atoms with Crippen molar-refractivity contribution in [3.63, 3.8) is 0 Å². The minimum atomic E-state index is -0.893. The van der Waals surface area contributed by atoms with Crippen LogP contribution in [0.3, 0.4) is 0 Å². The zero-order valence-electron chi connectivity index (χ0n) is 12.9. The Hall–Kier alpha value is -1.49. The molecule has 0 heterocycles. The Kier molecular flexibility index (Phi) is 5.51. The van der Waals surface area contributed by atoms with E-state index in [0.29, 0.717) is 6.54 Å². The number of nitrogens with one attached hydrogen (secondary N) is 1. The molecule has 5 heteroatoms. The second-order valence-corrected chi connectivity index (χ2v) is 6.41. The van der Waals surface area contributed by atoms with Crippen LogP contribution in [0.25, 0.3) is 0 Å². The Morgan fingerprint density at radius 1 is 1.41 bits per heavy atom. The van der Waals surface area contributed by atoms with Gasteiger partial charge in [-0.1, -0.05) is 31.9 Å². The number of hydrogen-bond acceptors (Lipinski definition) is 2. The van der Waals surface area contributed by atoms with Crippen LogP contribution in [0.5, 0.6) is 0 Å². The molecule has 0 saturated heterocycles. The van der Waals surface area contributed by atoms with E-state index in [4.69, 9.17) is 0 Å². The lowest BCUT2D eigenvalue weighted by Gasteiger charge is -2.38. The van der Waals surface area contributed by atoms with E-state index >= 15 is 0 Å². The van der Waals surface area contributed by atoms with E-state index in [2.05, 4.69) is 5.32 Å². The van der Waals surface area contributed by atoms with Gasteiger partial charge in [0.1, 0.15) is 0 Å². The number of carbonyl (C=O) groups is 1. The number of carbonyl (C=O) groups excluding carboxylic acids is 1. The Bertz CT molecular complexity index is 535. The van der Waals surface area contributed by atoms with Gasteiger partial charge in [0.25, 0.3) is 0 Å². The summed E-state index contributed by atoms with van der Waals surface area (Å²) >= 11 is 0. The first-order valence-electron chi connectivity index (χ1n) is 7.80. The van der Waals surface area contributed by atoms with E-state index in [9.17, 15) is 18.7 Å². The van der Waals surface area contributed by atoms with E-state index < -0.39 is 17.7 Å². The molecule has 1 fully saturated rings. The number of amides is 1. The predicted octanol–water partition coefficient (Wildman–Crippen LogP) is 2.95. The van der Waals surface area contributed by atoms with Crippen molar-refractivity contribution in [1.82, 2.24) is 5.32 Å². The zero-order chi connectivity index (χ0) is 16.2. The SMILES string of the molecule is CC1(CNC(=O)CCc2cccc(F)c2F)CCCCC1O. The molecule has 0 aliphatic heterocycles. The van der Waals surface area contributed by atoms with Gasteiger partial charge in [-0.05, 0) is 30.9 Å². The molecular weight excluding hydrogens is 288 g/mol. The molecule has 1 saturated carbocycles. The second kappa shape index (κ2) is 7.18. The van der Waals surface area contributed by atoms with Gasteiger partial charge in [0.05, 0.1) is 6.10 Å². The number of aliphatic hydroxyl groups is 1. The van der Waals surface area contributed by atoms with Gasteiger partial charge in [0.2, 0.25) is 5.91 Å². The van der Waals surface area contributed by atoms with Crippen molar-refractivity contribution >= 4 is 5.91 Å². The lowest BCUT2D eigenvalue weighted by Crippen LogP contribution is -2.45. The lowest BCUT2D eigenvalue weighted by atomic mass is 9.73. The highest BCUT2D eigenvalue weighted by Gasteiger charge is 2.35. The first-order chi connectivity index (χ1) is 10.4. The molecule has 2 atom stereocenters. The van der Waals surface area contributed by atoms with Crippen LogP contribution in [0.2, 0.25) is 0 Å². The van der Waals surface area contributed by atoms with Crippen molar-refractivity contribution in [1.29, 1.82) is 0 Å². The monoisotopic (exact) mass is 311 g/mol. The van der Waals surface area contributed by atoms with E-state index in [1.54, 1.807) is 0 Å². The normalized spacial score (nSPS) is 25.0. The van der Waals surface area contributed by atoms with Crippen LogP contribution in [0, 0.1) is 17.0 Å². The average molecular weight is 311 g/mol. The van der Waals surface area contributed by atoms with Gasteiger partial charge in [0.15, 0.2) is 11.6 Å². The van der Waals surface area contributed by atoms with Crippen molar-refractivity contribution in [3.05, 3.63) is 35.4 Å². The summed E-state index contributed by atoms with van der Waals surface area (Å²) in [6.07, 6.45) is 3.58. The summed E-state index contributed by atoms with van der Waals surface area (Å²) in [7, 11) is 0. The number of aryl methyl sites for hydroxylation is 1. The molecule has 0 spiro atoms. The molecule has 0 bridgehead atoms. The third-order valence-electron chi connectivity index (χ3n) is 4.62. The summed E-state index contributed by atoms with van der Waals surface area (Å²) in [5.41, 5.74) is -0.0862. The zero-order valence-corrected chi connectivity index (χ0v) is 12.9. The minimum Gasteiger partial charge on any atom is -0.392 e. The molecule has 1 amide bonds. The quantitative estimate of drug-likeness (QED) is 0.878. The largest absolute Gasteiger partial charge is 0.392 e. The molecule has 2 unspecified atom stereocenters. The van der Waals surface area contributed by atoms with Crippen molar-refractivity contribution in [3.8, 4) is 0 Å². The van der Waals surface area contributed by atoms with Crippen LogP contribution in [0.1, 0.15) is 44.6 Å². The highest BCUT2D eigenvalue weighted by atomic mass is 19.2. The maximum Gasteiger partial charge on any atom is 0.220 e. The summed E-state index contributed by atoms with van der Waals surface area (Å²) in [4.78, 5) is 11.9. The van der Waals surface area contributed by atoms with Crippen molar-refractivity contribution in [2.45, 2.75) is 51.6 Å². The summed E-state index contributed by atoms with van der Waals surface area (Å²) in [6, 6.07) is 3.98. The third kappa shape index (κ3) is 4.03. The van der Waals surface area contributed by atoms with Crippen molar-refractivity contribution in [2.24, 2.45) is 5.41 Å². The molecular formula is C17H23F2NO2. The molecule has 1 aromatic rings. The topological polar surface area (TPSA) is 49.3 Å². The Balaban J connectivity index is 1.82. The standard InChI is InChI=1S/C17H23F2NO2/c1-17(10-3-2-7-14(17)21)11-20-15(22)9-8-12-5-4-6-13(18)16(12)19/h4-6,14,21H,2-3,7-11H2,1H3,(H,20,22). The van der Waals surface area contributed by atoms with Crippen molar-refractivity contribution in [2.75, 3.05) is 6.54 Å². The highest BCUT2D eigenvalue weighted by molar-refractivity contribution is 5.76. The molecule has 0 radical (unpaired) electrons. The van der Waals surface area contributed by atoms with Gasteiger partial charge in [-0.3, -0.25) is 4.79 Å². The van der Waals surface area contributed by atoms with Crippen LogP contribution in [0.15, 0.2) is 18.2 Å². The molecule has 2 N–H and O–H groups in total. The first-order valence-corrected chi connectivity index (χ1v) is 7.80. The van der Waals surface area contributed by atoms with E-state index in [1.165, 1.54) is 12.1 Å². The summed E-state index contributed by atoms with van der Waals surface area (Å²) in [5, 5.41) is 12.9. The number of hydrogen-bond donors (Lipinski definition) is 2. The van der Waals surface area contributed by atoms with E-state index in [0.717, 1.165) is 31.7 Å². The van der Waals surface area contributed by atoms with E-state index in [1.807, 2.05) is 6.92 Å². The first kappa shape index (κ1) is 16.9. The number of benzene rings is 1. The van der Waals surface area contributed by atoms with Crippen molar-refractivity contribution < 1.29 is 18.7 Å². The average Bonchev–Trinajstić information content (AvgIpc) is 2.50. The molecule has 122 valence electrons. The Labute approximate surface area is 129 Å². The van der Waals surface area contributed by atoms with Gasteiger partial charge in [-0.25, -0.2) is 8.78 Å². The van der Waals surface area contributed by atoms with Crippen LogP contribution >= 0.6 is 0 Å². The summed E-state index contributed by atoms with van der Waals surface area (Å²) < 4.78 is 26.6. The number of halogens is 2. The van der Waals surface area contributed by atoms with Gasteiger partial charge in [0, 0.05) is 18.4 Å². The maximum atomic E-state index is 13.5. The molecule has 1 aromatic carbocycles. The molecule has 2 rings (SSSR count). The minimum absolute atomic E-state index is 0.104. The number of aliphatic hydroxyl groups excluding tert-OH is 1. The van der Waals surface area contributed by atoms with Crippen LogP contribution in [-0.4, -0.2) is 23.7 Å². The van der Waals surface area contributed by atoms with Gasteiger partial charge < -0.3 is 10.4 Å². The fourth-order valence-electron chi connectivity index (χ4n) is 2.97. The smallest absolute Gasteiger partial charge is 0.220 e. The summed E-state index contributed by atoms with van der Waals surface area (Å²) in [5.74, 6) is -1.98. The molecule has 22 heavy (non-hydrogen) atoms. The molecule has 1 aliphatic carbocycles. The maximum absolute atomic E-state index is 13.5. The predicted molar refractivity (Wildman–Crippen MR) is 80.3 cm³/mol. The number of rotatable bonds is 5. The molecule has 1 aliphatic rings. The fraction of sp³-hybridized carbons (Fsp3) is 0.588. The molecule has 3 nitrogen and oxygen atoms in total. The van der Waals surface area contributed by atoms with Crippen LogP contribution in [0.4, 0.5) is 8.78 Å². The fourth-order valence-corrected chi connectivity index (χ4v) is 2.97. The highest BCUT2D eigenvalue weighted by Crippen LogP contribution is 2.35. The second-order valence-electron chi connectivity index (χ2n) is 6.41. The van der Waals surface area contributed by atoms with E-state index in [-0.39, 0.29) is 29.7 Å². The molecule has 0 aromatic heterocycles. The summed E-state index contributed by atoms with van der Waals surface area (Å²) in [6.45, 7) is 2.39. The van der Waals surface area contributed by atoms with Gasteiger partial charge >= 0.3 is 0 Å². The van der Waals surface area contributed by atoms with Gasteiger partial charge in [-0.15, -0.1) is 0 Å². The Morgan fingerprint density at radius 2 is 2.18 bits per heavy atom. The van der Waals surface area contributed by atoms with Crippen LogP contribution < -0.4 is 5.32 Å².